The Morgan fingerprint density at radius 2 is 2.10 bits per heavy atom. The molecular weight excluding hydrogens is 266 g/mol. The summed E-state index contributed by atoms with van der Waals surface area (Å²) in [6, 6.07) is 8.14. The zero-order chi connectivity index (χ0) is 14.7. The molecule has 1 aromatic carbocycles. The third-order valence-corrected chi connectivity index (χ3v) is 3.59. The van der Waals surface area contributed by atoms with E-state index in [2.05, 4.69) is 33.7 Å². The highest BCUT2D eigenvalue weighted by Crippen LogP contribution is 2.35. The summed E-state index contributed by atoms with van der Waals surface area (Å²) in [6.45, 7) is 2.71. The van der Waals surface area contributed by atoms with Crippen LogP contribution in [0.2, 0.25) is 0 Å². The Balaban J connectivity index is 1.89. The first kappa shape index (κ1) is 13.6. The van der Waals surface area contributed by atoms with Crippen molar-refractivity contribution >= 4 is 11.6 Å². The van der Waals surface area contributed by atoms with E-state index in [1.54, 1.807) is 0 Å². The van der Waals surface area contributed by atoms with Crippen LogP contribution in [0.5, 0.6) is 5.75 Å². The monoisotopic (exact) mass is 285 g/mol. The second-order valence-electron chi connectivity index (χ2n) is 4.99. The number of aromatic nitrogens is 2. The minimum absolute atomic E-state index is 0.0948. The summed E-state index contributed by atoms with van der Waals surface area (Å²) in [5, 5.41) is 3.45. The molecule has 0 spiro atoms. The first-order chi connectivity index (χ1) is 10.3. The number of hydrogen-bond donors (Lipinski definition) is 3. The van der Waals surface area contributed by atoms with E-state index in [0.717, 1.165) is 35.5 Å². The van der Waals surface area contributed by atoms with Gasteiger partial charge in [-0.15, -0.1) is 0 Å². The number of ether oxygens (including phenoxy) is 1. The number of hydrazine groups is 1. The van der Waals surface area contributed by atoms with Gasteiger partial charge in [0.15, 0.2) is 0 Å². The van der Waals surface area contributed by atoms with Crippen molar-refractivity contribution in [3.05, 3.63) is 41.7 Å². The molecule has 6 heteroatoms. The summed E-state index contributed by atoms with van der Waals surface area (Å²) < 4.78 is 5.69. The number of benzene rings is 1. The van der Waals surface area contributed by atoms with Gasteiger partial charge in [0, 0.05) is 11.1 Å². The van der Waals surface area contributed by atoms with Crippen molar-refractivity contribution in [2.45, 2.75) is 25.8 Å². The van der Waals surface area contributed by atoms with E-state index in [9.17, 15) is 0 Å². The fourth-order valence-corrected chi connectivity index (χ4v) is 2.60. The maximum atomic E-state index is 5.69. The van der Waals surface area contributed by atoms with Crippen LogP contribution in [0.1, 0.15) is 30.5 Å². The van der Waals surface area contributed by atoms with Gasteiger partial charge in [0.1, 0.15) is 30.3 Å². The molecule has 0 amide bonds. The van der Waals surface area contributed by atoms with Gasteiger partial charge in [0.25, 0.3) is 0 Å². The molecule has 1 aliphatic rings. The molecule has 1 unspecified atom stereocenters. The van der Waals surface area contributed by atoms with Gasteiger partial charge in [-0.1, -0.05) is 31.5 Å². The van der Waals surface area contributed by atoms with Gasteiger partial charge >= 0.3 is 0 Å². The van der Waals surface area contributed by atoms with E-state index in [1.807, 2.05) is 18.2 Å². The Labute approximate surface area is 123 Å². The quantitative estimate of drug-likeness (QED) is 0.577. The zero-order valence-corrected chi connectivity index (χ0v) is 12.0. The highest BCUT2D eigenvalue weighted by atomic mass is 16.5. The average Bonchev–Trinajstić information content (AvgIpc) is 2.92. The van der Waals surface area contributed by atoms with Crippen LogP contribution in [0.3, 0.4) is 0 Å². The van der Waals surface area contributed by atoms with Crippen LogP contribution in [0.15, 0.2) is 30.6 Å². The third-order valence-electron chi connectivity index (χ3n) is 3.59. The standard InChI is InChI=1S/C15H19N5O/c1-2-5-11-14(17-9-18-15(11)20-16)19-12-8-21-13-7-4-3-6-10(12)13/h3-4,6-7,9,12H,2,5,8,16H2,1H3,(H2,17,18,19,20). The number of rotatable bonds is 5. The molecule has 0 saturated heterocycles. The van der Waals surface area contributed by atoms with Crippen LogP contribution in [0.25, 0.3) is 0 Å². The number of para-hydroxylation sites is 1. The molecule has 21 heavy (non-hydrogen) atoms. The smallest absolute Gasteiger partial charge is 0.148 e. The molecule has 0 saturated carbocycles. The van der Waals surface area contributed by atoms with Crippen molar-refractivity contribution in [3.63, 3.8) is 0 Å². The van der Waals surface area contributed by atoms with Crippen LogP contribution < -0.4 is 21.3 Å². The number of fused-ring (bicyclic) bond motifs is 1. The van der Waals surface area contributed by atoms with Gasteiger partial charge in [-0.25, -0.2) is 15.8 Å². The van der Waals surface area contributed by atoms with Gasteiger partial charge < -0.3 is 15.5 Å². The Morgan fingerprint density at radius 1 is 1.29 bits per heavy atom. The highest BCUT2D eigenvalue weighted by Gasteiger charge is 2.25. The Bertz CT molecular complexity index is 631. The fourth-order valence-electron chi connectivity index (χ4n) is 2.60. The second-order valence-corrected chi connectivity index (χ2v) is 4.99. The number of nitrogen functional groups attached to an aromatic ring is 1. The zero-order valence-electron chi connectivity index (χ0n) is 12.0. The molecule has 2 aromatic rings. The molecule has 0 radical (unpaired) electrons. The normalized spacial score (nSPS) is 16.2. The van der Waals surface area contributed by atoms with Crippen LogP contribution in [-0.2, 0) is 6.42 Å². The van der Waals surface area contributed by atoms with Gasteiger partial charge in [0.2, 0.25) is 0 Å². The minimum atomic E-state index is 0.0948. The van der Waals surface area contributed by atoms with Crippen LogP contribution >= 0.6 is 0 Å². The Kier molecular flexibility index (Phi) is 3.87. The fraction of sp³-hybridized carbons (Fsp3) is 0.333. The predicted octanol–water partition coefficient (Wildman–Crippen LogP) is 2.26. The van der Waals surface area contributed by atoms with Crippen molar-refractivity contribution in [2.24, 2.45) is 5.84 Å². The van der Waals surface area contributed by atoms with Crippen molar-refractivity contribution < 1.29 is 4.74 Å². The topological polar surface area (TPSA) is 85.1 Å². The maximum Gasteiger partial charge on any atom is 0.148 e. The van der Waals surface area contributed by atoms with Gasteiger partial charge in [-0.05, 0) is 12.5 Å². The van der Waals surface area contributed by atoms with Crippen LogP contribution in [0, 0.1) is 0 Å². The maximum absolute atomic E-state index is 5.69. The molecule has 0 aliphatic carbocycles. The first-order valence-corrected chi connectivity index (χ1v) is 7.12. The van der Waals surface area contributed by atoms with E-state index in [1.165, 1.54) is 6.33 Å². The molecule has 1 aromatic heterocycles. The lowest BCUT2D eigenvalue weighted by Gasteiger charge is -2.17. The lowest BCUT2D eigenvalue weighted by Crippen LogP contribution is -2.17. The van der Waals surface area contributed by atoms with Crippen molar-refractivity contribution in [1.82, 2.24) is 9.97 Å². The van der Waals surface area contributed by atoms with Gasteiger partial charge in [-0.3, -0.25) is 0 Å². The first-order valence-electron chi connectivity index (χ1n) is 7.12. The number of hydrogen-bond acceptors (Lipinski definition) is 6. The summed E-state index contributed by atoms with van der Waals surface area (Å²) in [6.07, 6.45) is 3.37. The van der Waals surface area contributed by atoms with Crippen molar-refractivity contribution in [1.29, 1.82) is 0 Å². The minimum Gasteiger partial charge on any atom is -0.491 e. The van der Waals surface area contributed by atoms with Crippen molar-refractivity contribution in [3.8, 4) is 5.75 Å². The molecule has 0 fully saturated rings. The summed E-state index contributed by atoms with van der Waals surface area (Å²) in [7, 11) is 0. The molecule has 110 valence electrons. The Morgan fingerprint density at radius 3 is 2.90 bits per heavy atom. The molecule has 0 bridgehead atoms. The number of nitrogens with one attached hydrogen (secondary N) is 2. The molecule has 1 atom stereocenters. The summed E-state index contributed by atoms with van der Waals surface area (Å²) in [4.78, 5) is 8.55. The molecule has 1 aliphatic heterocycles. The average molecular weight is 285 g/mol. The number of nitrogens with zero attached hydrogens (tertiary/aromatic N) is 2. The van der Waals surface area contributed by atoms with Crippen LogP contribution in [-0.4, -0.2) is 16.6 Å². The highest BCUT2D eigenvalue weighted by molar-refractivity contribution is 5.58. The Hall–Kier alpha value is -2.34. The molecular formula is C15H19N5O. The summed E-state index contributed by atoms with van der Waals surface area (Å²) in [5.41, 5.74) is 4.80. The second kappa shape index (κ2) is 5.97. The third kappa shape index (κ3) is 2.62. The van der Waals surface area contributed by atoms with Gasteiger partial charge in [0.05, 0.1) is 6.04 Å². The summed E-state index contributed by atoms with van der Waals surface area (Å²) >= 11 is 0. The van der Waals surface area contributed by atoms with Crippen LogP contribution in [0.4, 0.5) is 11.6 Å². The van der Waals surface area contributed by atoms with E-state index in [-0.39, 0.29) is 6.04 Å². The van der Waals surface area contributed by atoms with Gasteiger partial charge in [-0.2, -0.15) is 0 Å². The van der Waals surface area contributed by atoms with Crippen molar-refractivity contribution in [2.75, 3.05) is 17.3 Å². The van der Waals surface area contributed by atoms with E-state index >= 15 is 0 Å². The van der Waals surface area contributed by atoms with E-state index in [4.69, 9.17) is 10.6 Å². The number of anilines is 2. The summed E-state index contributed by atoms with van der Waals surface area (Å²) in [5.74, 6) is 7.95. The molecule has 6 nitrogen and oxygen atoms in total. The molecule has 4 N–H and O–H groups in total. The molecule has 3 rings (SSSR count). The molecule has 2 heterocycles. The number of nitrogens with two attached hydrogens (primary N) is 1. The van der Waals surface area contributed by atoms with E-state index < -0.39 is 0 Å². The lowest BCUT2D eigenvalue weighted by molar-refractivity contribution is 0.339. The largest absolute Gasteiger partial charge is 0.491 e. The SMILES string of the molecule is CCCc1c(NN)ncnc1NC1COc2ccccc21. The van der Waals surface area contributed by atoms with E-state index in [0.29, 0.717) is 12.4 Å². The lowest BCUT2D eigenvalue weighted by atomic mass is 10.1. The predicted molar refractivity (Wildman–Crippen MR) is 82.1 cm³/mol.